The summed E-state index contributed by atoms with van der Waals surface area (Å²) < 4.78 is 26.7. The molecule has 0 bridgehead atoms. The molecule has 0 saturated heterocycles. The van der Waals surface area contributed by atoms with Crippen molar-refractivity contribution in [3.8, 4) is 0 Å². The van der Waals surface area contributed by atoms with E-state index < -0.39 is 15.7 Å². The second-order valence-corrected chi connectivity index (χ2v) is 4.55. The SMILES string of the molecule is CCC(C)(CN)NS(=O)(=O)NC. The average Bonchev–Trinajstić information content (AvgIpc) is 2.04. The quantitative estimate of drug-likeness (QED) is 0.535. The van der Waals surface area contributed by atoms with Gasteiger partial charge in [-0.15, -0.1) is 0 Å². The molecule has 4 N–H and O–H groups in total. The first-order valence-electron chi connectivity index (χ1n) is 3.81. The van der Waals surface area contributed by atoms with Crippen LogP contribution in [0.2, 0.25) is 0 Å². The van der Waals surface area contributed by atoms with E-state index in [-0.39, 0.29) is 6.54 Å². The summed E-state index contributed by atoms with van der Waals surface area (Å²) in [6.07, 6.45) is 0.657. The van der Waals surface area contributed by atoms with E-state index in [2.05, 4.69) is 9.44 Å². The Labute approximate surface area is 73.9 Å². The van der Waals surface area contributed by atoms with Crippen molar-refractivity contribution < 1.29 is 8.42 Å². The average molecular weight is 195 g/mol. The van der Waals surface area contributed by atoms with Crippen LogP contribution >= 0.6 is 0 Å². The molecule has 0 fully saturated rings. The van der Waals surface area contributed by atoms with Crippen molar-refractivity contribution in [3.63, 3.8) is 0 Å². The second kappa shape index (κ2) is 4.18. The molecular formula is C6H17N3O2S. The fourth-order valence-corrected chi connectivity index (χ4v) is 1.61. The van der Waals surface area contributed by atoms with Crippen LogP contribution in [-0.2, 0) is 10.2 Å². The third-order valence-electron chi connectivity index (χ3n) is 1.88. The van der Waals surface area contributed by atoms with Gasteiger partial charge in [0, 0.05) is 19.1 Å². The zero-order valence-electron chi connectivity index (χ0n) is 7.72. The first-order valence-corrected chi connectivity index (χ1v) is 5.30. The van der Waals surface area contributed by atoms with Crippen LogP contribution in [0.1, 0.15) is 20.3 Å². The van der Waals surface area contributed by atoms with Crippen LogP contribution in [0, 0.1) is 0 Å². The summed E-state index contributed by atoms with van der Waals surface area (Å²) in [6.45, 7) is 3.93. The van der Waals surface area contributed by atoms with Gasteiger partial charge in [0.15, 0.2) is 0 Å². The minimum Gasteiger partial charge on any atom is -0.329 e. The van der Waals surface area contributed by atoms with Crippen molar-refractivity contribution in [1.29, 1.82) is 0 Å². The molecule has 1 atom stereocenters. The molecule has 74 valence electrons. The van der Waals surface area contributed by atoms with Gasteiger partial charge in [-0.05, 0) is 13.3 Å². The highest BCUT2D eigenvalue weighted by Gasteiger charge is 2.25. The zero-order chi connectivity index (χ0) is 9.83. The molecule has 12 heavy (non-hydrogen) atoms. The zero-order valence-corrected chi connectivity index (χ0v) is 8.53. The molecule has 0 aliphatic carbocycles. The van der Waals surface area contributed by atoms with E-state index in [4.69, 9.17) is 5.73 Å². The summed E-state index contributed by atoms with van der Waals surface area (Å²) in [4.78, 5) is 0. The lowest BCUT2D eigenvalue weighted by atomic mass is 10.0. The summed E-state index contributed by atoms with van der Waals surface area (Å²) in [6, 6.07) is 0. The van der Waals surface area contributed by atoms with E-state index in [1.165, 1.54) is 7.05 Å². The van der Waals surface area contributed by atoms with Gasteiger partial charge in [0.05, 0.1) is 0 Å². The molecule has 0 heterocycles. The van der Waals surface area contributed by atoms with Crippen LogP contribution in [0.3, 0.4) is 0 Å². The van der Waals surface area contributed by atoms with Crippen molar-refractivity contribution in [2.24, 2.45) is 5.73 Å². The second-order valence-electron chi connectivity index (χ2n) is 2.93. The van der Waals surface area contributed by atoms with Gasteiger partial charge in [-0.1, -0.05) is 6.92 Å². The first kappa shape index (κ1) is 11.8. The molecule has 1 unspecified atom stereocenters. The maximum absolute atomic E-state index is 11.1. The Morgan fingerprint density at radius 2 is 2.00 bits per heavy atom. The van der Waals surface area contributed by atoms with Crippen LogP contribution in [0.15, 0.2) is 0 Å². The predicted molar refractivity (Wildman–Crippen MR) is 48.9 cm³/mol. The Hall–Kier alpha value is -0.170. The van der Waals surface area contributed by atoms with Gasteiger partial charge >= 0.3 is 0 Å². The highest BCUT2D eigenvalue weighted by Crippen LogP contribution is 2.07. The van der Waals surface area contributed by atoms with Crippen molar-refractivity contribution in [2.45, 2.75) is 25.8 Å². The third kappa shape index (κ3) is 3.48. The molecule has 0 amide bonds. The number of hydrogen-bond donors (Lipinski definition) is 3. The van der Waals surface area contributed by atoms with Gasteiger partial charge in [-0.3, -0.25) is 0 Å². The fourth-order valence-electron chi connectivity index (χ4n) is 0.634. The Balaban J connectivity index is 4.42. The van der Waals surface area contributed by atoms with Crippen molar-refractivity contribution in [3.05, 3.63) is 0 Å². The lowest BCUT2D eigenvalue weighted by Gasteiger charge is -2.26. The van der Waals surface area contributed by atoms with E-state index in [1.807, 2.05) is 6.92 Å². The van der Waals surface area contributed by atoms with Gasteiger partial charge in [0.1, 0.15) is 0 Å². The van der Waals surface area contributed by atoms with E-state index >= 15 is 0 Å². The van der Waals surface area contributed by atoms with E-state index in [1.54, 1.807) is 6.92 Å². The Morgan fingerprint density at radius 3 is 2.25 bits per heavy atom. The summed E-state index contributed by atoms with van der Waals surface area (Å²) in [7, 11) is -2.03. The van der Waals surface area contributed by atoms with E-state index in [0.29, 0.717) is 6.42 Å². The van der Waals surface area contributed by atoms with Gasteiger partial charge in [0.2, 0.25) is 0 Å². The van der Waals surface area contributed by atoms with Crippen molar-refractivity contribution in [1.82, 2.24) is 9.44 Å². The number of hydrogen-bond acceptors (Lipinski definition) is 3. The predicted octanol–water partition coefficient (Wildman–Crippen LogP) is -0.832. The lowest BCUT2D eigenvalue weighted by molar-refractivity contribution is 0.409. The van der Waals surface area contributed by atoms with Crippen LogP contribution in [0.5, 0.6) is 0 Å². The summed E-state index contributed by atoms with van der Waals surface area (Å²) in [5, 5.41) is 0. The molecule has 0 aliphatic heterocycles. The Bertz CT molecular complexity index is 221. The van der Waals surface area contributed by atoms with Gasteiger partial charge in [0.25, 0.3) is 10.2 Å². The topological polar surface area (TPSA) is 84.2 Å². The Kier molecular flexibility index (Phi) is 4.12. The van der Waals surface area contributed by atoms with E-state index in [9.17, 15) is 8.42 Å². The standard InChI is InChI=1S/C6H17N3O2S/c1-4-6(2,5-7)9-12(10,11)8-3/h8-9H,4-5,7H2,1-3H3. The molecule has 0 aliphatic rings. The molecule has 0 saturated carbocycles. The highest BCUT2D eigenvalue weighted by atomic mass is 32.2. The maximum Gasteiger partial charge on any atom is 0.277 e. The smallest absolute Gasteiger partial charge is 0.277 e. The number of rotatable bonds is 5. The molecular weight excluding hydrogens is 178 g/mol. The molecule has 6 heteroatoms. The molecule has 5 nitrogen and oxygen atoms in total. The summed E-state index contributed by atoms with van der Waals surface area (Å²) in [5.41, 5.74) is 4.87. The van der Waals surface area contributed by atoms with Crippen molar-refractivity contribution >= 4 is 10.2 Å². The van der Waals surface area contributed by atoms with Crippen LogP contribution in [-0.4, -0.2) is 27.5 Å². The van der Waals surface area contributed by atoms with Gasteiger partial charge in [-0.25, -0.2) is 4.72 Å². The molecule has 0 aromatic carbocycles. The largest absolute Gasteiger partial charge is 0.329 e. The van der Waals surface area contributed by atoms with Crippen LogP contribution < -0.4 is 15.2 Å². The minimum absolute atomic E-state index is 0.282. The van der Waals surface area contributed by atoms with Crippen LogP contribution in [0.4, 0.5) is 0 Å². The van der Waals surface area contributed by atoms with Gasteiger partial charge < -0.3 is 5.73 Å². The molecule has 0 aromatic rings. The third-order valence-corrected chi connectivity index (χ3v) is 3.18. The number of nitrogens with one attached hydrogen (secondary N) is 2. The normalized spacial score (nSPS) is 17.3. The molecule has 0 spiro atoms. The summed E-state index contributed by atoms with van der Waals surface area (Å²) in [5.74, 6) is 0. The van der Waals surface area contributed by atoms with Crippen LogP contribution in [0.25, 0.3) is 0 Å². The first-order chi connectivity index (χ1) is 5.39. The summed E-state index contributed by atoms with van der Waals surface area (Å²) >= 11 is 0. The molecule has 0 radical (unpaired) electrons. The Morgan fingerprint density at radius 1 is 1.50 bits per heavy atom. The molecule has 0 rings (SSSR count). The fraction of sp³-hybridized carbons (Fsp3) is 1.00. The highest BCUT2D eigenvalue weighted by molar-refractivity contribution is 7.87. The van der Waals surface area contributed by atoms with Gasteiger partial charge in [-0.2, -0.15) is 13.1 Å². The monoisotopic (exact) mass is 195 g/mol. The maximum atomic E-state index is 11.1. The lowest BCUT2D eigenvalue weighted by Crippen LogP contribution is -2.53. The van der Waals surface area contributed by atoms with Crippen molar-refractivity contribution in [2.75, 3.05) is 13.6 Å². The molecule has 0 aromatic heterocycles. The minimum atomic E-state index is -3.38. The number of nitrogens with two attached hydrogens (primary N) is 1. The van der Waals surface area contributed by atoms with E-state index in [0.717, 1.165) is 0 Å².